The van der Waals surface area contributed by atoms with E-state index in [1.807, 2.05) is 32.0 Å². The first-order valence-corrected chi connectivity index (χ1v) is 6.62. The molecule has 5 nitrogen and oxygen atoms in total. The lowest BCUT2D eigenvalue weighted by Crippen LogP contribution is -2.43. The van der Waals surface area contributed by atoms with Crippen molar-refractivity contribution in [2.75, 3.05) is 20.8 Å². The molecule has 1 aromatic rings. The number of hydrogen-bond acceptors (Lipinski definition) is 5. The molecule has 112 valence electrons. The Bertz CT molecular complexity index is 434. The third kappa shape index (κ3) is 4.51. The lowest BCUT2D eigenvalue weighted by Gasteiger charge is -2.22. The third-order valence-corrected chi connectivity index (χ3v) is 3.13. The van der Waals surface area contributed by atoms with Gasteiger partial charge in [-0.3, -0.25) is 4.79 Å². The smallest absolute Gasteiger partial charge is 0.323 e. The minimum Gasteiger partial charge on any atom is -0.497 e. The minimum absolute atomic E-state index is 0.0833. The summed E-state index contributed by atoms with van der Waals surface area (Å²) in [6.45, 7) is 4.12. The lowest BCUT2D eigenvalue weighted by molar-refractivity contribution is -0.144. The molecule has 0 saturated carbocycles. The average molecular weight is 281 g/mol. The van der Waals surface area contributed by atoms with Crippen LogP contribution in [-0.4, -0.2) is 37.9 Å². The molecule has 0 amide bonds. The maximum absolute atomic E-state index is 11.6. The largest absolute Gasteiger partial charge is 0.497 e. The van der Waals surface area contributed by atoms with Crippen molar-refractivity contribution in [3.8, 4) is 5.75 Å². The topological polar surface area (TPSA) is 67.8 Å². The second-order valence-corrected chi connectivity index (χ2v) is 4.95. The van der Waals surface area contributed by atoms with Gasteiger partial charge in [-0.15, -0.1) is 0 Å². The van der Waals surface area contributed by atoms with Gasteiger partial charge in [0.25, 0.3) is 0 Å². The maximum Gasteiger partial charge on any atom is 0.323 e. The van der Waals surface area contributed by atoms with Crippen molar-refractivity contribution in [2.45, 2.75) is 26.0 Å². The summed E-state index contributed by atoms with van der Waals surface area (Å²) in [5.41, 5.74) is 0.740. The number of rotatable bonds is 7. The minimum atomic E-state index is -0.712. The summed E-state index contributed by atoms with van der Waals surface area (Å²) in [6, 6.07) is 6.79. The van der Waals surface area contributed by atoms with E-state index in [1.165, 1.54) is 7.11 Å². The van der Waals surface area contributed by atoms with Crippen LogP contribution in [0.25, 0.3) is 0 Å². The van der Waals surface area contributed by atoms with Crippen LogP contribution in [0.1, 0.15) is 25.5 Å². The zero-order valence-electron chi connectivity index (χ0n) is 12.4. The number of aliphatic hydroxyl groups is 1. The first kappa shape index (κ1) is 16.5. The summed E-state index contributed by atoms with van der Waals surface area (Å²) in [5.74, 6) is 0.452. The van der Waals surface area contributed by atoms with Gasteiger partial charge in [0.1, 0.15) is 11.8 Å². The van der Waals surface area contributed by atoms with Gasteiger partial charge in [0.15, 0.2) is 0 Å². The van der Waals surface area contributed by atoms with Crippen LogP contribution >= 0.6 is 0 Å². The molecule has 0 aromatic heterocycles. The Morgan fingerprint density at radius 3 is 2.60 bits per heavy atom. The molecule has 1 aromatic carbocycles. The van der Waals surface area contributed by atoms with Crippen LogP contribution in [0.3, 0.4) is 0 Å². The fraction of sp³-hybridized carbons (Fsp3) is 0.533. The summed E-state index contributed by atoms with van der Waals surface area (Å²) < 4.78 is 9.86. The molecule has 0 saturated heterocycles. The van der Waals surface area contributed by atoms with E-state index < -0.39 is 12.1 Å². The monoisotopic (exact) mass is 281 g/mol. The molecule has 0 spiro atoms. The van der Waals surface area contributed by atoms with E-state index in [-0.39, 0.29) is 18.4 Å². The quantitative estimate of drug-likeness (QED) is 0.742. The third-order valence-electron chi connectivity index (χ3n) is 3.13. The van der Waals surface area contributed by atoms with Gasteiger partial charge in [-0.2, -0.15) is 0 Å². The van der Waals surface area contributed by atoms with Gasteiger partial charge in [-0.05, 0) is 23.6 Å². The highest BCUT2D eigenvalue weighted by molar-refractivity contribution is 5.75. The second kappa shape index (κ2) is 7.87. The summed E-state index contributed by atoms with van der Waals surface area (Å²) in [6.07, 6.45) is -0.712. The number of benzene rings is 1. The van der Waals surface area contributed by atoms with Crippen LogP contribution in [0.15, 0.2) is 24.3 Å². The molecule has 0 heterocycles. The molecule has 0 unspecified atom stereocenters. The van der Waals surface area contributed by atoms with E-state index >= 15 is 0 Å². The van der Waals surface area contributed by atoms with Gasteiger partial charge in [0.2, 0.25) is 0 Å². The maximum atomic E-state index is 11.6. The summed E-state index contributed by atoms with van der Waals surface area (Å²) in [5, 5.41) is 13.2. The number of methoxy groups -OCH3 is 2. The standard InChI is InChI=1S/C15H23NO4/c1-10(2)14(15(18)20-4)16-9-13(17)11-6-5-7-12(8-11)19-3/h5-8,10,13-14,16-17H,9H2,1-4H3/t13-,14+/m0/s1. The molecule has 0 radical (unpaired) electrons. The van der Waals surface area contributed by atoms with Gasteiger partial charge in [0, 0.05) is 6.54 Å². The molecule has 0 fully saturated rings. The van der Waals surface area contributed by atoms with Crippen molar-refractivity contribution in [3.63, 3.8) is 0 Å². The van der Waals surface area contributed by atoms with Crippen LogP contribution in [-0.2, 0) is 9.53 Å². The lowest BCUT2D eigenvalue weighted by atomic mass is 10.0. The number of nitrogens with one attached hydrogen (secondary N) is 1. The molecule has 0 aliphatic heterocycles. The van der Waals surface area contributed by atoms with E-state index in [2.05, 4.69) is 5.32 Å². The molecule has 20 heavy (non-hydrogen) atoms. The molecule has 0 aliphatic rings. The summed E-state index contributed by atoms with van der Waals surface area (Å²) in [4.78, 5) is 11.6. The fourth-order valence-electron chi connectivity index (χ4n) is 1.92. The Morgan fingerprint density at radius 1 is 1.35 bits per heavy atom. The Labute approximate surface area is 119 Å². The van der Waals surface area contributed by atoms with Crippen LogP contribution in [0.2, 0.25) is 0 Å². The Balaban J connectivity index is 2.65. The second-order valence-electron chi connectivity index (χ2n) is 4.95. The first-order valence-electron chi connectivity index (χ1n) is 6.62. The number of aliphatic hydroxyl groups excluding tert-OH is 1. The highest BCUT2D eigenvalue weighted by Crippen LogP contribution is 2.19. The van der Waals surface area contributed by atoms with Crippen LogP contribution in [0.5, 0.6) is 5.75 Å². The van der Waals surface area contributed by atoms with Crippen LogP contribution in [0.4, 0.5) is 0 Å². The Kier molecular flexibility index (Phi) is 6.48. The SMILES string of the molecule is COC(=O)[C@H](NC[C@H](O)c1cccc(OC)c1)C(C)C. The molecule has 2 N–H and O–H groups in total. The van der Waals surface area contributed by atoms with Crippen molar-refractivity contribution in [3.05, 3.63) is 29.8 Å². The number of carbonyl (C=O) groups is 1. The average Bonchev–Trinajstić information content (AvgIpc) is 2.46. The zero-order chi connectivity index (χ0) is 15.1. The van der Waals surface area contributed by atoms with Gasteiger partial charge in [-0.1, -0.05) is 26.0 Å². The van der Waals surface area contributed by atoms with Crippen molar-refractivity contribution in [1.29, 1.82) is 0 Å². The van der Waals surface area contributed by atoms with E-state index in [4.69, 9.17) is 9.47 Å². The number of carbonyl (C=O) groups excluding carboxylic acids is 1. The van der Waals surface area contributed by atoms with E-state index in [1.54, 1.807) is 13.2 Å². The Morgan fingerprint density at radius 2 is 2.05 bits per heavy atom. The molecular formula is C15H23NO4. The normalized spacial score (nSPS) is 13.9. The van der Waals surface area contributed by atoms with E-state index in [0.29, 0.717) is 5.75 Å². The zero-order valence-corrected chi connectivity index (χ0v) is 12.4. The van der Waals surface area contributed by atoms with Gasteiger partial charge < -0.3 is 19.9 Å². The number of esters is 1. The highest BCUT2D eigenvalue weighted by atomic mass is 16.5. The summed E-state index contributed by atoms with van der Waals surface area (Å²) in [7, 11) is 2.94. The molecule has 0 bridgehead atoms. The molecule has 1 rings (SSSR count). The molecule has 0 aliphatic carbocycles. The van der Waals surface area contributed by atoms with Gasteiger partial charge in [-0.25, -0.2) is 0 Å². The predicted molar refractivity (Wildman–Crippen MR) is 76.6 cm³/mol. The number of ether oxygens (including phenoxy) is 2. The first-order chi connectivity index (χ1) is 9.49. The van der Waals surface area contributed by atoms with Crippen molar-refractivity contribution < 1.29 is 19.4 Å². The van der Waals surface area contributed by atoms with Gasteiger partial charge >= 0.3 is 5.97 Å². The van der Waals surface area contributed by atoms with Crippen LogP contribution in [0, 0.1) is 5.92 Å². The predicted octanol–water partition coefficient (Wildman–Crippen LogP) is 1.52. The molecule has 2 atom stereocenters. The van der Waals surface area contributed by atoms with Crippen LogP contribution < -0.4 is 10.1 Å². The van der Waals surface area contributed by atoms with Crippen molar-refractivity contribution in [2.24, 2.45) is 5.92 Å². The molecule has 5 heteroatoms. The Hall–Kier alpha value is -1.59. The fourth-order valence-corrected chi connectivity index (χ4v) is 1.92. The van der Waals surface area contributed by atoms with Crippen molar-refractivity contribution >= 4 is 5.97 Å². The molecular weight excluding hydrogens is 258 g/mol. The van der Waals surface area contributed by atoms with E-state index in [9.17, 15) is 9.90 Å². The van der Waals surface area contributed by atoms with Crippen molar-refractivity contribution in [1.82, 2.24) is 5.32 Å². The summed E-state index contributed by atoms with van der Waals surface area (Å²) >= 11 is 0. The highest BCUT2D eigenvalue weighted by Gasteiger charge is 2.23. The number of hydrogen-bond donors (Lipinski definition) is 2. The van der Waals surface area contributed by atoms with E-state index in [0.717, 1.165) is 5.56 Å². The van der Waals surface area contributed by atoms with Gasteiger partial charge in [0.05, 0.1) is 20.3 Å².